The number of aliphatic hydroxyl groups is 1. The van der Waals surface area contributed by atoms with Crippen LogP contribution in [0.2, 0.25) is 0 Å². The Morgan fingerprint density at radius 2 is 1.69 bits per heavy atom. The second kappa shape index (κ2) is 9.97. The van der Waals surface area contributed by atoms with Gasteiger partial charge in [-0.25, -0.2) is 8.78 Å². The van der Waals surface area contributed by atoms with Crippen LogP contribution in [-0.4, -0.2) is 38.1 Å². The van der Waals surface area contributed by atoms with Crippen LogP contribution in [-0.2, 0) is 15.0 Å². The van der Waals surface area contributed by atoms with Crippen molar-refractivity contribution in [1.82, 2.24) is 15.5 Å². The molecule has 3 aromatic rings. The highest BCUT2D eigenvalue weighted by molar-refractivity contribution is 5.97. The van der Waals surface area contributed by atoms with E-state index in [0.717, 1.165) is 17.7 Å². The maximum Gasteiger partial charge on any atom is 0.269 e. The molecule has 0 saturated carbocycles. The Balaban J connectivity index is 1.64. The van der Waals surface area contributed by atoms with Gasteiger partial charge in [0.15, 0.2) is 11.9 Å². The van der Waals surface area contributed by atoms with Gasteiger partial charge in [0, 0.05) is 35.4 Å². The minimum atomic E-state index is -1.88. The van der Waals surface area contributed by atoms with Crippen LogP contribution in [0.3, 0.4) is 0 Å². The van der Waals surface area contributed by atoms with Crippen molar-refractivity contribution in [1.29, 1.82) is 0 Å². The lowest BCUT2D eigenvalue weighted by atomic mass is 9.81. The number of nitrogens with one attached hydrogen (secondary N) is 3. The molecule has 1 aromatic heterocycles. The number of aliphatic hydroxyl groups excluding tert-OH is 1. The fourth-order valence-corrected chi connectivity index (χ4v) is 3.34. The van der Waals surface area contributed by atoms with Gasteiger partial charge < -0.3 is 15.7 Å². The van der Waals surface area contributed by atoms with Gasteiger partial charge in [-0.3, -0.25) is 24.8 Å². The molecule has 1 heterocycles. The maximum absolute atomic E-state index is 13.3. The number of H-pyrrole nitrogens is 1. The summed E-state index contributed by atoms with van der Waals surface area (Å²) in [5.41, 5.74) is 0.425. The zero-order chi connectivity index (χ0) is 25.9. The van der Waals surface area contributed by atoms with E-state index in [9.17, 15) is 33.6 Å². The van der Waals surface area contributed by atoms with Gasteiger partial charge in [-0.2, -0.15) is 5.10 Å². The summed E-state index contributed by atoms with van der Waals surface area (Å²) in [6.07, 6.45) is -1.88. The third-order valence-electron chi connectivity index (χ3n) is 5.50. The molecule has 0 aliphatic heterocycles. The highest BCUT2D eigenvalue weighted by Crippen LogP contribution is 2.32. The molecule has 0 bridgehead atoms. The summed E-state index contributed by atoms with van der Waals surface area (Å²) < 4.78 is 26.7. The summed E-state index contributed by atoms with van der Waals surface area (Å²) in [5, 5.41) is 32.6. The Morgan fingerprint density at radius 3 is 2.26 bits per heavy atom. The molecule has 0 aliphatic carbocycles. The average molecular weight is 487 g/mol. The second-order valence-corrected chi connectivity index (χ2v) is 8.42. The molecular weight excluding hydrogens is 464 g/mol. The molecule has 0 unspecified atom stereocenters. The number of aromatic amines is 1. The van der Waals surface area contributed by atoms with Crippen LogP contribution in [0.4, 0.5) is 20.3 Å². The predicted molar refractivity (Wildman–Crippen MR) is 121 cm³/mol. The van der Waals surface area contributed by atoms with Gasteiger partial charge >= 0.3 is 0 Å². The number of anilines is 1. The molecule has 2 atom stereocenters. The number of carbonyl (C=O) groups is 2. The van der Waals surface area contributed by atoms with Crippen LogP contribution in [0.15, 0.2) is 48.5 Å². The molecule has 0 aliphatic rings. The molecule has 0 spiro atoms. The summed E-state index contributed by atoms with van der Waals surface area (Å²) in [6, 6.07) is 8.75. The fraction of sp³-hybridized carbons (Fsp3) is 0.261. The van der Waals surface area contributed by atoms with Gasteiger partial charge in [0.1, 0.15) is 17.7 Å². The maximum atomic E-state index is 13.3. The number of halogens is 2. The first kappa shape index (κ1) is 25.4. The Labute approximate surface area is 198 Å². The van der Waals surface area contributed by atoms with E-state index in [1.165, 1.54) is 19.1 Å². The average Bonchev–Trinajstić information content (AvgIpc) is 3.27. The number of nitrogens with zero attached hydrogens (tertiary/aromatic N) is 2. The van der Waals surface area contributed by atoms with E-state index in [1.807, 2.05) is 13.8 Å². The number of hydrogen-bond donors (Lipinski definition) is 4. The molecule has 0 radical (unpaired) electrons. The van der Waals surface area contributed by atoms with Crippen molar-refractivity contribution in [3.63, 3.8) is 0 Å². The van der Waals surface area contributed by atoms with Crippen molar-refractivity contribution in [2.24, 2.45) is 0 Å². The third-order valence-corrected chi connectivity index (χ3v) is 5.50. The van der Waals surface area contributed by atoms with Crippen LogP contribution in [0.1, 0.15) is 43.7 Å². The van der Waals surface area contributed by atoms with Crippen LogP contribution < -0.4 is 10.6 Å². The van der Waals surface area contributed by atoms with E-state index in [1.54, 1.807) is 18.2 Å². The van der Waals surface area contributed by atoms with Gasteiger partial charge in [0.25, 0.3) is 11.6 Å². The van der Waals surface area contributed by atoms with E-state index in [4.69, 9.17) is 0 Å². The number of hydrogen-bond acceptors (Lipinski definition) is 6. The van der Waals surface area contributed by atoms with Crippen molar-refractivity contribution in [2.75, 3.05) is 5.32 Å². The molecule has 4 N–H and O–H groups in total. The lowest BCUT2D eigenvalue weighted by Gasteiger charge is -2.23. The van der Waals surface area contributed by atoms with Gasteiger partial charge in [0.2, 0.25) is 5.91 Å². The Hall–Kier alpha value is -4.19. The minimum absolute atomic E-state index is 0.0363. The van der Waals surface area contributed by atoms with Crippen LogP contribution in [0.25, 0.3) is 0 Å². The number of non-ortho nitro benzene ring substituents is 1. The third kappa shape index (κ3) is 5.84. The van der Waals surface area contributed by atoms with Gasteiger partial charge in [-0.1, -0.05) is 26.0 Å². The lowest BCUT2D eigenvalue weighted by molar-refractivity contribution is -0.384. The smallest absolute Gasteiger partial charge is 0.269 e. The first-order valence-electron chi connectivity index (χ1n) is 10.4. The number of carbonyl (C=O) groups excluding carboxylic acids is 2. The molecule has 184 valence electrons. The number of rotatable bonds is 8. The number of amides is 2. The van der Waals surface area contributed by atoms with Crippen LogP contribution >= 0.6 is 0 Å². The van der Waals surface area contributed by atoms with Crippen molar-refractivity contribution in [3.05, 3.63) is 87.1 Å². The van der Waals surface area contributed by atoms with E-state index in [2.05, 4.69) is 20.8 Å². The summed E-state index contributed by atoms with van der Waals surface area (Å²) >= 11 is 0. The summed E-state index contributed by atoms with van der Waals surface area (Å²) in [6.45, 7) is 5.10. The zero-order valence-corrected chi connectivity index (χ0v) is 19.0. The van der Waals surface area contributed by atoms with Crippen LogP contribution in [0, 0.1) is 21.7 Å². The first-order valence-corrected chi connectivity index (χ1v) is 10.4. The molecule has 2 amide bonds. The normalized spacial score (nSPS) is 13.1. The number of benzene rings is 2. The minimum Gasteiger partial charge on any atom is -0.378 e. The van der Waals surface area contributed by atoms with E-state index >= 15 is 0 Å². The predicted octanol–water partition coefficient (Wildman–Crippen LogP) is 3.10. The molecule has 0 saturated heterocycles. The van der Waals surface area contributed by atoms with Gasteiger partial charge in [0.05, 0.1) is 4.92 Å². The van der Waals surface area contributed by atoms with Crippen molar-refractivity contribution >= 4 is 23.3 Å². The SMILES string of the molecule is C[C@H](NC(=O)[C@@H](O)c1cc(F)cc(F)c1)C(=O)Nc1cc(C(C)(C)c2ccc([N+](=O)[O-])cc2)[nH]n1. The number of aromatic nitrogens is 2. The molecular formula is C23H23F2N5O5. The summed E-state index contributed by atoms with van der Waals surface area (Å²) in [4.78, 5) is 35.1. The van der Waals surface area contributed by atoms with Crippen molar-refractivity contribution in [2.45, 2.75) is 38.3 Å². The van der Waals surface area contributed by atoms with Crippen molar-refractivity contribution < 1.29 is 28.4 Å². The van der Waals surface area contributed by atoms with Crippen LogP contribution in [0.5, 0.6) is 0 Å². The monoisotopic (exact) mass is 487 g/mol. The molecule has 0 fully saturated rings. The fourth-order valence-electron chi connectivity index (χ4n) is 3.34. The van der Waals surface area contributed by atoms with E-state index in [-0.39, 0.29) is 17.1 Å². The second-order valence-electron chi connectivity index (χ2n) is 8.42. The molecule has 3 rings (SSSR count). The molecule has 2 aromatic carbocycles. The summed E-state index contributed by atoms with van der Waals surface area (Å²) in [5.74, 6) is -3.41. The molecule has 12 heteroatoms. The molecule has 10 nitrogen and oxygen atoms in total. The number of nitro groups is 1. The molecule has 35 heavy (non-hydrogen) atoms. The topological polar surface area (TPSA) is 150 Å². The zero-order valence-electron chi connectivity index (χ0n) is 19.0. The van der Waals surface area contributed by atoms with Crippen molar-refractivity contribution in [3.8, 4) is 0 Å². The highest BCUT2D eigenvalue weighted by Gasteiger charge is 2.28. The number of nitro benzene ring substituents is 1. The summed E-state index contributed by atoms with van der Waals surface area (Å²) in [7, 11) is 0. The first-order chi connectivity index (χ1) is 16.4. The Morgan fingerprint density at radius 1 is 1.09 bits per heavy atom. The highest BCUT2D eigenvalue weighted by atomic mass is 19.1. The van der Waals surface area contributed by atoms with E-state index < -0.39 is 45.9 Å². The van der Waals surface area contributed by atoms with Gasteiger partial charge in [-0.15, -0.1) is 0 Å². The van der Waals surface area contributed by atoms with Gasteiger partial charge in [-0.05, 0) is 30.2 Å². The Kier molecular flexibility index (Phi) is 7.25. The Bertz CT molecular complexity index is 1240. The largest absolute Gasteiger partial charge is 0.378 e. The quantitative estimate of drug-likeness (QED) is 0.283. The van der Waals surface area contributed by atoms with E-state index in [0.29, 0.717) is 11.8 Å². The lowest BCUT2D eigenvalue weighted by Crippen LogP contribution is -2.43. The standard InChI is InChI=1S/C23H23F2N5O5/c1-12(26-22(33)20(31)13-8-15(24)10-16(25)9-13)21(32)27-19-11-18(28-29-19)23(2,3)14-4-6-17(7-5-14)30(34)35/h4-12,20,31H,1-3H3,(H,26,33)(H2,27,28,29,32)/t12-,20-/m0/s1.